The van der Waals surface area contributed by atoms with Gasteiger partial charge in [0.05, 0.1) is 19.2 Å². The van der Waals surface area contributed by atoms with Crippen molar-refractivity contribution in [3.05, 3.63) is 170 Å². The highest BCUT2D eigenvalue weighted by molar-refractivity contribution is 9.10. The van der Waals surface area contributed by atoms with Gasteiger partial charge in [-0.1, -0.05) is 106 Å². The van der Waals surface area contributed by atoms with E-state index < -0.39 is 17.7 Å². The van der Waals surface area contributed by atoms with E-state index in [2.05, 4.69) is 55.5 Å². The second-order valence-electron chi connectivity index (χ2n) is 12.3. The summed E-state index contributed by atoms with van der Waals surface area (Å²) in [6, 6.07) is 38.6. The van der Waals surface area contributed by atoms with Crippen molar-refractivity contribution in [2.75, 3.05) is 13.2 Å². The van der Waals surface area contributed by atoms with Crippen molar-refractivity contribution in [2.24, 2.45) is 10.1 Å². The third kappa shape index (κ3) is 6.48. The van der Waals surface area contributed by atoms with Gasteiger partial charge in [0.1, 0.15) is 5.75 Å². The second kappa shape index (κ2) is 14.6. The van der Waals surface area contributed by atoms with Crippen molar-refractivity contribution >= 4 is 27.7 Å². The lowest BCUT2D eigenvalue weighted by Gasteiger charge is -2.33. The van der Waals surface area contributed by atoms with Crippen LogP contribution in [0, 0.1) is 0 Å². The number of nitrogens with zero attached hydrogens (tertiary/aromatic N) is 4. The highest BCUT2D eigenvalue weighted by atomic mass is 79.9. The van der Waals surface area contributed by atoms with E-state index in [-0.39, 0.29) is 25.5 Å². The molecule has 0 radical (unpaired) electrons. The molecule has 9 nitrogen and oxygen atoms in total. The topological polar surface area (TPSA) is 129 Å². The number of aliphatic imine (C=N–C) groups is 1. The van der Waals surface area contributed by atoms with Crippen molar-refractivity contribution in [3.63, 3.8) is 0 Å². The first-order chi connectivity index (χ1) is 24.5. The molecule has 1 heterocycles. The zero-order valence-corrected chi connectivity index (χ0v) is 28.7. The second-order valence-corrected chi connectivity index (χ2v) is 13.2. The number of aliphatic hydroxyl groups is 1. The first-order valence-electron chi connectivity index (χ1n) is 16.4. The average molecular weight is 729 g/mol. The number of ether oxygens (including phenoxy) is 2. The summed E-state index contributed by atoms with van der Waals surface area (Å²) in [6.07, 6.45) is -0.106. The van der Waals surface area contributed by atoms with E-state index in [9.17, 15) is 5.53 Å². The fourth-order valence-corrected chi connectivity index (χ4v) is 7.05. The van der Waals surface area contributed by atoms with Crippen LogP contribution in [0.2, 0.25) is 0 Å². The number of fused-ring (bicyclic) bond motifs is 3. The first-order valence-corrected chi connectivity index (χ1v) is 17.2. The number of amides is 1. The van der Waals surface area contributed by atoms with Gasteiger partial charge < -0.3 is 19.9 Å². The number of hydrogen-bond acceptors (Lipinski definition) is 6. The number of carbonyl (C=O) groups excluding carboxylic acids is 1. The number of nitrogens with one attached hydrogen (secondary N) is 1. The van der Waals surface area contributed by atoms with Crippen LogP contribution in [-0.4, -0.2) is 35.7 Å². The summed E-state index contributed by atoms with van der Waals surface area (Å²) in [6.45, 7) is 0.522. The molecule has 2 N–H and O–H groups in total. The van der Waals surface area contributed by atoms with Gasteiger partial charge in [-0.15, -0.1) is 0 Å². The Hall–Kier alpha value is -5.41. The zero-order valence-electron chi connectivity index (χ0n) is 27.1. The molecule has 0 fully saturated rings. The Morgan fingerprint density at radius 2 is 1.54 bits per heavy atom. The third-order valence-corrected chi connectivity index (χ3v) is 9.70. The molecule has 7 rings (SSSR count). The number of azide groups is 1. The fourth-order valence-electron chi connectivity index (χ4n) is 6.78. The predicted octanol–water partition coefficient (Wildman–Crippen LogP) is 8.41. The Labute approximate surface area is 298 Å². The predicted molar refractivity (Wildman–Crippen MR) is 196 cm³/mol. The molecule has 5 aromatic carbocycles. The Bertz CT molecular complexity index is 2050. The molecule has 10 heteroatoms. The van der Waals surface area contributed by atoms with Gasteiger partial charge in [0, 0.05) is 34.4 Å². The van der Waals surface area contributed by atoms with Gasteiger partial charge in [0.2, 0.25) is 5.90 Å². The molecule has 2 atom stereocenters. The minimum atomic E-state index is -1.46. The molecule has 250 valence electrons. The maximum absolute atomic E-state index is 15.3. The van der Waals surface area contributed by atoms with Gasteiger partial charge in [-0.05, 0) is 80.9 Å². The molecule has 0 aromatic heterocycles. The highest BCUT2D eigenvalue weighted by Crippen LogP contribution is 2.47. The Kier molecular flexibility index (Phi) is 9.67. The lowest BCUT2D eigenvalue weighted by atomic mass is 9.80. The molecule has 0 bridgehead atoms. The van der Waals surface area contributed by atoms with Gasteiger partial charge >= 0.3 is 0 Å². The van der Waals surface area contributed by atoms with E-state index in [1.165, 1.54) is 0 Å². The van der Waals surface area contributed by atoms with Crippen LogP contribution >= 0.6 is 15.9 Å². The van der Waals surface area contributed by atoms with Crippen molar-refractivity contribution in [2.45, 2.75) is 37.1 Å². The van der Waals surface area contributed by atoms with Gasteiger partial charge in [0.15, 0.2) is 11.6 Å². The van der Waals surface area contributed by atoms with Crippen LogP contribution in [0.1, 0.15) is 51.9 Å². The third-order valence-electron chi connectivity index (χ3n) is 9.17. The molecule has 50 heavy (non-hydrogen) atoms. The Morgan fingerprint density at radius 3 is 2.20 bits per heavy atom. The van der Waals surface area contributed by atoms with Gasteiger partial charge in [0.25, 0.3) is 5.91 Å². The molecular formula is C40H34BrN5O4. The fraction of sp³-hybridized carbons (Fsp3) is 0.200. The summed E-state index contributed by atoms with van der Waals surface area (Å²) in [7, 11) is 0. The van der Waals surface area contributed by atoms with Crippen LogP contribution < -0.4 is 10.1 Å². The number of aliphatic hydroxyl groups excluding tert-OH is 1. The molecule has 0 saturated heterocycles. The molecule has 1 aliphatic carbocycles. The minimum absolute atomic E-state index is 0.0474. The van der Waals surface area contributed by atoms with Crippen LogP contribution in [0.15, 0.2) is 136 Å². The molecule has 0 saturated carbocycles. The van der Waals surface area contributed by atoms with E-state index in [4.69, 9.17) is 19.6 Å². The monoisotopic (exact) mass is 727 g/mol. The number of carbonyl (C=O) groups is 1. The van der Waals surface area contributed by atoms with Crippen LogP contribution in [0.3, 0.4) is 0 Å². The lowest BCUT2D eigenvalue weighted by molar-refractivity contribution is -0.129. The van der Waals surface area contributed by atoms with Crippen molar-refractivity contribution in [3.8, 4) is 16.9 Å². The van der Waals surface area contributed by atoms with E-state index in [1.807, 2.05) is 97.1 Å². The van der Waals surface area contributed by atoms with E-state index >= 15 is 4.79 Å². The van der Waals surface area contributed by atoms with Crippen LogP contribution in [-0.2, 0) is 22.5 Å². The summed E-state index contributed by atoms with van der Waals surface area (Å²) >= 11 is 3.54. The first kappa shape index (κ1) is 33.1. The highest BCUT2D eigenvalue weighted by Gasteiger charge is 2.54. The minimum Gasteiger partial charge on any atom is -0.494 e. The van der Waals surface area contributed by atoms with Gasteiger partial charge in [-0.2, -0.15) is 0 Å². The van der Waals surface area contributed by atoms with Crippen molar-refractivity contribution in [1.82, 2.24) is 5.32 Å². The van der Waals surface area contributed by atoms with E-state index in [0.717, 1.165) is 37.9 Å². The zero-order chi connectivity index (χ0) is 34.5. The quantitative estimate of drug-likeness (QED) is 0.0579. The molecule has 0 unspecified atom stereocenters. The number of benzene rings is 5. The normalized spacial score (nSPS) is 17.6. The summed E-state index contributed by atoms with van der Waals surface area (Å²) < 4.78 is 13.5. The van der Waals surface area contributed by atoms with Crippen molar-refractivity contribution in [1.29, 1.82) is 0 Å². The summed E-state index contributed by atoms with van der Waals surface area (Å²) in [5.74, 6) is 0.670. The smallest absolute Gasteiger partial charge is 0.253 e. The number of halogens is 1. The van der Waals surface area contributed by atoms with Gasteiger partial charge in [-0.25, -0.2) is 4.99 Å². The van der Waals surface area contributed by atoms with Crippen LogP contribution in [0.25, 0.3) is 21.6 Å². The van der Waals surface area contributed by atoms with E-state index in [0.29, 0.717) is 35.8 Å². The largest absolute Gasteiger partial charge is 0.494 e. The molecule has 1 aliphatic heterocycles. The molecule has 2 aliphatic rings. The Morgan fingerprint density at radius 1 is 0.900 bits per heavy atom. The maximum atomic E-state index is 15.3. The molecule has 1 amide bonds. The van der Waals surface area contributed by atoms with Crippen molar-refractivity contribution < 1.29 is 19.4 Å². The summed E-state index contributed by atoms with van der Waals surface area (Å²) in [5.41, 5.74) is 15.0. The molecule has 0 spiro atoms. The summed E-state index contributed by atoms with van der Waals surface area (Å²) in [4.78, 5) is 23.5. The van der Waals surface area contributed by atoms with Crippen LogP contribution in [0.5, 0.6) is 5.75 Å². The lowest BCUT2D eigenvalue weighted by Crippen LogP contribution is -2.51. The number of rotatable bonds is 12. The van der Waals surface area contributed by atoms with E-state index in [1.54, 1.807) is 0 Å². The van der Waals surface area contributed by atoms with Gasteiger partial charge in [-0.3, -0.25) is 4.79 Å². The SMILES string of the molecule is [N-]=[N+]=NCc1ccccc1[C@H]1OC(c2ccc(OCCCO)cc2)=N[C@@]1(Cc1ccc(Br)cc1)C(=O)NC1c2ccccc2-c2ccccc21. The maximum Gasteiger partial charge on any atom is 0.253 e. The summed E-state index contributed by atoms with van der Waals surface area (Å²) in [5, 5.41) is 16.4. The molecular weight excluding hydrogens is 694 g/mol. The Balaban J connectivity index is 1.36. The standard InChI is InChI=1S/C40H34BrN5O4/c41-29-18-14-26(15-19-29)24-40(39(48)44-36-34-12-5-3-10-32(34)33-11-4-6-13-35(33)36)37(31-9-2-1-8-28(31)25-43-46-42)50-38(45-40)27-16-20-30(21-17-27)49-23-7-22-47/h1-6,8-21,36-37,47H,7,22-25H2,(H,44,48)/t37-,40-/m1/s1. The number of hydrogen-bond donors (Lipinski definition) is 2. The average Bonchev–Trinajstić information content (AvgIpc) is 3.69. The molecule has 5 aromatic rings. The van der Waals surface area contributed by atoms with Crippen LogP contribution in [0.4, 0.5) is 0 Å².